The molecule has 1 unspecified atom stereocenters. The molecule has 1 aromatic rings. The van der Waals surface area contributed by atoms with Crippen molar-refractivity contribution in [2.75, 3.05) is 11.4 Å². The Hall–Kier alpha value is -1.51. The van der Waals surface area contributed by atoms with Crippen molar-refractivity contribution >= 4 is 11.6 Å². The molecule has 80 valence electrons. The molecule has 0 fully saturated rings. The van der Waals surface area contributed by atoms with Crippen LogP contribution in [0.4, 0.5) is 5.69 Å². The first kappa shape index (κ1) is 10.0. The molecule has 0 saturated carbocycles. The van der Waals surface area contributed by atoms with E-state index in [1.165, 1.54) is 0 Å². The van der Waals surface area contributed by atoms with Gasteiger partial charge >= 0.3 is 0 Å². The molecule has 0 aromatic heterocycles. The number of hydrogen-bond donors (Lipinski definition) is 1. The van der Waals surface area contributed by atoms with E-state index in [1.807, 2.05) is 18.2 Å². The normalized spacial score (nSPS) is 25.5. The van der Waals surface area contributed by atoms with E-state index < -0.39 is 0 Å². The molecule has 0 radical (unpaired) electrons. The number of benzene rings is 1. The van der Waals surface area contributed by atoms with Gasteiger partial charge in [0.2, 0.25) is 0 Å². The maximum atomic E-state index is 5.94. The average Bonchev–Trinajstić information content (AvgIpc) is 2.57. The molecule has 3 nitrogen and oxygen atoms in total. The van der Waals surface area contributed by atoms with E-state index in [1.54, 1.807) is 0 Å². The van der Waals surface area contributed by atoms with Gasteiger partial charge in [0, 0.05) is 5.69 Å². The fourth-order valence-corrected chi connectivity index (χ4v) is 1.96. The maximum absolute atomic E-state index is 5.94. The standard InChI is InChI=1S/C12H17N3/c1-3-12(2)9-14-11(13)15(12)10-7-5-4-6-8-10/h4-8H,3,9H2,1-2H3,(H2,13,14). The number of hydrogen-bond acceptors (Lipinski definition) is 3. The Morgan fingerprint density at radius 3 is 2.67 bits per heavy atom. The van der Waals surface area contributed by atoms with Crippen molar-refractivity contribution in [2.24, 2.45) is 10.7 Å². The molecule has 0 saturated heterocycles. The van der Waals surface area contributed by atoms with Crippen molar-refractivity contribution in [3.05, 3.63) is 30.3 Å². The van der Waals surface area contributed by atoms with Crippen LogP contribution in [0.3, 0.4) is 0 Å². The highest BCUT2D eigenvalue weighted by Gasteiger charge is 2.37. The second kappa shape index (κ2) is 3.57. The molecule has 2 N–H and O–H groups in total. The molecular weight excluding hydrogens is 186 g/mol. The molecule has 0 amide bonds. The van der Waals surface area contributed by atoms with Gasteiger partial charge in [-0.25, -0.2) is 0 Å². The molecule has 3 heteroatoms. The first-order valence-corrected chi connectivity index (χ1v) is 5.32. The number of anilines is 1. The van der Waals surface area contributed by atoms with Crippen LogP contribution >= 0.6 is 0 Å². The minimum atomic E-state index is 0.0332. The molecule has 15 heavy (non-hydrogen) atoms. The molecule has 1 aliphatic heterocycles. The smallest absolute Gasteiger partial charge is 0.196 e. The zero-order valence-electron chi connectivity index (χ0n) is 9.27. The quantitative estimate of drug-likeness (QED) is 0.798. The summed E-state index contributed by atoms with van der Waals surface area (Å²) in [4.78, 5) is 6.47. The van der Waals surface area contributed by atoms with Crippen molar-refractivity contribution in [3.8, 4) is 0 Å². The highest BCUT2D eigenvalue weighted by molar-refractivity contribution is 5.98. The van der Waals surface area contributed by atoms with Crippen molar-refractivity contribution in [1.82, 2.24) is 0 Å². The number of para-hydroxylation sites is 1. The Morgan fingerprint density at radius 1 is 1.40 bits per heavy atom. The lowest BCUT2D eigenvalue weighted by atomic mass is 9.97. The number of aliphatic imine (C=N–C) groups is 1. The van der Waals surface area contributed by atoms with Crippen LogP contribution in [0.1, 0.15) is 20.3 Å². The van der Waals surface area contributed by atoms with Gasteiger partial charge in [0.1, 0.15) is 0 Å². The number of rotatable bonds is 2. The van der Waals surface area contributed by atoms with Gasteiger partial charge in [-0.3, -0.25) is 4.99 Å². The van der Waals surface area contributed by atoms with Crippen molar-refractivity contribution in [3.63, 3.8) is 0 Å². The van der Waals surface area contributed by atoms with Gasteiger partial charge in [-0.2, -0.15) is 0 Å². The zero-order valence-corrected chi connectivity index (χ0v) is 9.27. The van der Waals surface area contributed by atoms with Gasteiger partial charge in [-0.1, -0.05) is 25.1 Å². The summed E-state index contributed by atoms with van der Waals surface area (Å²) in [6.07, 6.45) is 1.03. The van der Waals surface area contributed by atoms with Gasteiger partial charge in [-0.05, 0) is 25.5 Å². The fraction of sp³-hybridized carbons (Fsp3) is 0.417. The summed E-state index contributed by atoms with van der Waals surface area (Å²) in [7, 11) is 0. The lowest BCUT2D eigenvalue weighted by Gasteiger charge is -2.35. The highest BCUT2D eigenvalue weighted by atomic mass is 15.4. The van der Waals surface area contributed by atoms with Gasteiger partial charge in [0.15, 0.2) is 5.96 Å². The molecule has 1 aliphatic rings. The predicted octanol–water partition coefficient (Wildman–Crippen LogP) is 1.99. The number of nitrogens with zero attached hydrogens (tertiary/aromatic N) is 2. The minimum Gasteiger partial charge on any atom is -0.369 e. The lowest BCUT2D eigenvalue weighted by Crippen LogP contribution is -2.49. The second-order valence-electron chi connectivity index (χ2n) is 4.20. The summed E-state index contributed by atoms with van der Waals surface area (Å²) in [5.41, 5.74) is 7.10. The van der Waals surface area contributed by atoms with Gasteiger partial charge in [0.05, 0.1) is 12.1 Å². The van der Waals surface area contributed by atoms with Crippen LogP contribution in [0.15, 0.2) is 35.3 Å². The highest BCUT2D eigenvalue weighted by Crippen LogP contribution is 2.30. The number of guanidine groups is 1. The Bertz CT molecular complexity index is 372. The van der Waals surface area contributed by atoms with Crippen LogP contribution < -0.4 is 10.6 Å². The maximum Gasteiger partial charge on any atom is 0.196 e. The summed E-state index contributed by atoms with van der Waals surface area (Å²) in [5, 5.41) is 0. The van der Waals surface area contributed by atoms with Gasteiger partial charge < -0.3 is 10.6 Å². The fourth-order valence-electron chi connectivity index (χ4n) is 1.96. The Kier molecular flexibility index (Phi) is 2.39. The first-order valence-electron chi connectivity index (χ1n) is 5.32. The molecule has 2 rings (SSSR count). The van der Waals surface area contributed by atoms with Crippen molar-refractivity contribution in [1.29, 1.82) is 0 Å². The van der Waals surface area contributed by atoms with E-state index in [9.17, 15) is 0 Å². The molecule has 0 bridgehead atoms. The third-order valence-corrected chi connectivity index (χ3v) is 3.13. The van der Waals surface area contributed by atoms with Crippen molar-refractivity contribution in [2.45, 2.75) is 25.8 Å². The lowest BCUT2D eigenvalue weighted by molar-refractivity contribution is 0.486. The van der Waals surface area contributed by atoms with Crippen molar-refractivity contribution < 1.29 is 0 Å². The Labute approximate surface area is 90.6 Å². The van der Waals surface area contributed by atoms with E-state index in [0.717, 1.165) is 18.7 Å². The first-order chi connectivity index (χ1) is 7.17. The second-order valence-corrected chi connectivity index (χ2v) is 4.20. The Balaban J connectivity index is 2.38. The summed E-state index contributed by atoms with van der Waals surface area (Å²) in [6, 6.07) is 10.2. The monoisotopic (exact) mass is 203 g/mol. The minimum absolute atomic E-state index is 0.0332. The topological polar surface area (TPSA) is 41.6 Å². The van der Waals surface area contributed by atoms with Crippen LogP contribution in [0.25, 0.3) is 0 Å². The summed E-state index contributed by atoms with van der Waals surface area (Å²) >= 11 is 0. The SMILES string of the molecule is CCC1(C)CN=C(N)N1c1ccccc1. The van der Waals surface area contributed by atoms with E-state index in [0.29, 0.717) is 5.96 Å². The molecule has 0 aliphatic carbocycles. The number of nitrogens with two attached hydrogens (primary N) is 1. The summed E-state index contributed by atoms with van der Waals surface area (Å²) in [5.74, 6) is 0.630. The molecule has 1 heterocycles. The third-order valence-electron chi connectivity index (χ3n) is 3.13. The van der Waals surface area contributed by atoms with E-state index in [-0.39, 0.29) is 5.54 Å². The van der Waals surface area contributed by atoms with E-state index in [2.05, 4.69) is 35.9 Å². The molecule has 1 aromatic carbocycles. The largest absolute Gasteiger partial charge is 0.369 e. The average molecular weight is 203 g/mol. The molecule has 1 atom stereocenters. The third kappa shape index (κ3) is 1.58. The van der Waals surface area contributed by atoms with E-state index >= 15 is 0 Å². The van der Waals surface area contributed by atoms with Crippen LogP contribution in [0, 0.1) is 0 Å². The van der Waals surface area contributed by atoms with Gasteiger partial charge in [-0.15, -0.1) is 0 Å². The Morgan fingerprint density at radius 2 is 2.07 bits per heavy atom. The van der Waals surface area contributed by atoms with Crippen LogP contribution in [0.5, 0.6) is 0 Å². The van der Waals surface area contributed by atoms with Gasteiger partial charge in [0.25, 0.3) is 0 Å². The van der Waals surface area contributed by atoms with Crippen LogP contribution in [-0.2, 0) is 0 Å². The zero-order chi connectivity index (χ0) is 10.9. The molecule has 0 spiro atoms. The summed E-state index contributed by atoms with van der Waals surface area (Å²) < 4.78 is 0. The van der Waals surface area contributed by atoms with Crippen LogP contribution in [0.2, 0.25) is 0 Å². The summed E-state index contributed by atoms with van der Waals surface area (Å²) in [6.45, 7) is 5.15. The van der Waals surface area contributed by atoms with Crippen LogP contribution in [-0.4, -0.2) is 18.0 Å². The van der Waals surface area contributed by atoms with E-state index in [4.69, 9.17) is 5.73 Å². The molecular formula is C12H17N3. The predicted molar refractivity (Wildman–Crippen MR) is 64.1 cm³/mol.